The van der Waals surface area contributed by atoms with Crippen LogP contribution in [-0.4, -0.2) is 15.6 Å². The van der Waals surface area contributed by atoms with Crippen molar-refractivity contribution in [1.29, 1.82) is 0 Å². The number of hydrogen-bond donors (Lipinski definition) is 0. The van der Waals surface area contributed by atoms with Crippen LogP contribution in [0.5, 0.6) is 0 Å². The first-order valence-electron chi connectivity index (χ1n) is 6.91. The van der Waals surface area contributed by atoms with E-state index in [2.05, 4.69) is 5.10 Å². The predicted molar refractivity (Wildman–Crippen MR) is 83.3 cm³/mol. The van der Waals surface area contributed by atoms with Crippen LogP contribution in [0.1, 0.15) is 15.9 Å². The average Bonchev–Trinajstić information content (AvgIpc) is 3.02. The zero-order chi connectivity index (χ0) is 16.2. The standard InChI is InChI=1S/C18H12F2N2O/c19-14-7-8-16(17(20)10-14)18(23)9-6-13-11-21-22(12-13)15-4-2-1-3-5-15/h1-12H/b9-6+. The number of benzene rings is 2. The zero-order valence-electron chi connectivity index (χ0n) is 12.0. The molecule has 3 rings (SSSR count). The van der Waals surface area contributed by atoms with Gasteiger partial charge < -0.3 is 0 Å². The number of para-hydroxylation sites is 1. The molecule has 0 saturated heterocycles. The average molecular weight is 310 g/mol. The van der Waals surface area contributed by atoms with Crippen LogP contribution < -0.4 is 0 Å². The van der Waals surface area contributed by atoms with Crippen LogP contribution >= 0.6 is 0 Å². The minimum atomic E-state index is -0.875. The molecule has 1 aromatic heterocycles. The van der Waals surface area contributed by atoms with Crippen molar-refractivity contribution in [3.63, 3.8) is 0 Å². The molecule has 0 bridgehead atoms. The molecule has 0 saturated carbocycles. The molecule has 5 heteroatoms. The Morgan fingerprint density at radius 3 is 2.61 bits per heavy atom. The highest BCUT2D eigenvalue weighted by Crippen LogP contribution is 2.13. The highest BCUT2D eigenvalue weighted by molar-refractivity contribution is 6.06. The molecule has 114 valence electrons. The second kappa shape index (κ2) is 6.36. The maximum absolute atomic E-state index is 13.5. The van der Waals surface area contributed by atoms with Gasteiger partial charge in [-0.3, -0.25) is 4.79 Å². The van der Waals surface area contributed by atoms with Gasteiger partial charge >= 0.3 is 0 Å². The van der Waals surface area contributed by atoms with Gasteiger partial charge in [-0.2, -0.15) is 5.10 Å². The Hall–Kier alpha value is -3.08. The van der Waals surface area contributed by atoms with E-state index in [-0.39, 0.29) is 5.56 Å². The van der Waals surface area contributed by atoms with E-state index in [0.717, 1.165) is 17.8 Å². The molecule has 0 aliphatic carbocycles. The molecule has 0 fully saturated rings. The van der Waals surface area contributed by atoms with Gasteiger partial charge in [0.15, 0.2) is 5.78 Å². The molecule has 0 spiro atoms. The SMILES string of the molecule is O=C(/C=C/c1cnn(-c2ccccc2)c1)c1ccc(F)cc1F. The Bertz CT molecular complexity index is 870. The molecule has 0 unspecified atom stereocenters. The summed E-state index contributed by atoms with van der Waals surface area (Å²) in [6, 6.07) is 12.4. The number of carbonyl (C=O) groups is 1. The first kappa shape index (κ1) is 14.8. The fraction of sp³-hybridized carbons (Fsp3) is 0. The third-order valence-electron chi connectivity index (χ3n) is 3.25. The Kier molecular flexibility index (Phi) is 4.10. The van der Waals surface area contributed by atoms with E-state index < -0.39 is 17.4 Å². The maximum atomic E-state index is 13.5. The molecule has 2 aromatic carbocycles. The largest absolute Gasteiger partial charge is 0.289 e. The zero-order valence-corrected chi connectivity index (χ0v) is 12.0. The number of carbonyl (C=O) groups excluding carboxylic acids is 1. The van der Waals surface area contributed by atoms with E-state index in [1.54, 1.807) is 17.1 Å². The highest BCUT2D eigenvalue weighted by atomic mass is 19.1. The van der Waals surface area contributed by atoms with Crippen LogP contribution in [0.25, 0.3) is 11.8 Å². The summed E-state index contributed by atoms with van der Waals surface area (Å²) in [6.07, 6.45) is 6.12. The van der Waals surface area contributed by atoms with Crippen LogP contribution in [-0.2, 0) is 0 Å². The number of ketones is 1. The normalized spacial score (nSPS) is 11.0. The van der Waals surface area contributed by atoms with Crippen molar-refractivity contribution in [2.75, 3.05) is 0 Å². The molecular weight excluding hydrogens is 298 g/mol. The van der Waals surface area contributed by atoms with E-state index in [1.807, 2.05) is 30.3 Å². The molecule has 3 nitrogen and oxygen atoms in total. The van der Waals surface area contributed by atoms with Crippen molar-refractivity contribution < 1.29 is 13.6 Å². The molecule has 0 atom stereocenters. The lowest BCUT2D eigenvalue weighted by Crippen LogP contribution is -1.99. The second-order valence-corrected chi connectivity index (χ2v) is 4.88. The van der Waals surface area contributed by atoms with Gasteiger partial charge in [-0.15, -0.1) is 0 Å². The van der Waals surface area contributed by atoms with Gasteiger partial charge in [-0.05, 0) is 36.4 Å². The highest BCUT2D eigenvalue weighted by Gasteiger charge is 2.09. The summed E-state index contributed by atoms with van der Waals surface area (Å²) in [5.74, 6) is -2.12. The Morgan fingerprint density at radius 1 is 1.09 bits per heavy atom. The first-order chi connectivity index (χ1) is 11.1. The molecule has 0 aliphatic heterocycles. The third-order valence-corrected chi connectivity index (χ3v) is 3.25. The quantitative estimate of drug-likeness (QED) is 0.538. The minimum Gasteiger partial charge on any atom is -0.289 e. The van der Waals surface area contributed by atoms with Crippen LogP contribution in [0, 0.1) is 11.6 Å². The minimum absolute atomic E-state index is 0.168. The summed E-state index contributed by atoms with van der Waals surface area (Å²) in [6.45, 7) is 0. The van der Waals surface area contributed by atoms with Crippen molar-refractivity contribution >= 4 is 11.9 Å². The monoisotopic (exact) mass is 310 g/mol. The first-order valence-corrected chi connectivity index (χ1v) is 6.91. The summed E-state index contributed by atoms with van der Waals surface area (Å²) in [4.78, 5) is 12.0. The van der Waals surface area contributed by atoms with Gasteiger partial charge in [0.25, 0.3) is 0 Å². The summed E-state index contributed by atoms with van der Waals surface area (Å²) in [5.41, 5.74) is 1.42. The van der Waals surface area contributed by atoms with E-state index in [1.165, 1.54) is 12.2 Å². The molecule has 1 heterocycles. The fourth-order valence-electron chi connectivity index (χ4n) is 2.10. The Morgan fingerprint density at radius 2 is 1.87 bits per heavy atom. The van der Waals surface area contributed by atoms with Crippen molar-refractivity contribution in [1.82, 2.24) is 9.78 Å². The van der Waals surface area contributed by atoms with E-state index in [0.29, 0.717) is 11.6 Å². The van der Waals surface area contributed by atoms with Gasteiger partial charge in [0.05, 0.1) is 17.4 Å². The molecule has 0 N–H and O–H groups in total. The third kappa shape index (κ3) is 3.40. The van der Waals surface area contributed by atoms with E-state index in [4.69, 9.17) is 0 Å². The molecular formula is C18H12F2N2O. The van der Waals surface area contributed by atoms with Crippen molar-refractivity contribution in [2.45, 2.75) is 0 Å². The number of rotatable bonds is 4. The van der Waals surface area contributed by atoms with Crippen LogP contribution in [0.15, 0.2) is 67.0 Å². The molecule has 23 heavy (non-hydrogen) atoms. The van der Waals surface area contributed by atoms with Crippen molar-refractivity contribution in [2.24, 2.45) is 0 Å². The van der Waals surface area contributed by atoms with Gasteiger partial charge in [-0.1, -0.05) is 18.2 Å². The Balaban J connectivity index is 1.78. The number of allylic oxidation sites excluding steroid dienone is 1. The molecule has 0 aliphatic rings. The molecule has 0 amide bonds. The summed E-state index contributed by atoms with van der Waals surface area (Å²) in [7, 11) is 0. The predicted octanol–water partition coefficient (Wildman–Crippen LogP) is 4.05. The van der Waals surface area contributed by atoms with Gasteiger partial charge in [0.1, 0.15) is 11.6 Å². The Labute approximate surface area is 131 Å². The smallest absolute Gasteiger partial charge is 0.188 e. The van der Waals surface area contributed by atoms with E-state index >= 15 is 0 Å². The summed E-state index contributed by atoms with van der Waals surface area (Å²) in [5, 5.41) is 4.20. The van der Waals surface area contributed by atoms with E-state index in [9.17, 15) is 13.6 Å². The number of halogens is 2. The summed E-state index contributed by atoms with van der Waals surface area (Å²) < 4.78 is 28.1. The maximum Gasteiger partial charge on any atom is 0.188 e. The summed E-state index contributed by atoms with van der Waals surface area (Å²) >= 11 is 0. The topological polar surface area (TPSA) is 34.9 Å². The van der Waals surface area contributed by atoms with Crippen LogP contribution in [0.2, 0.25) is 0 Å². The van der Waals surface area contributed by atoms with Gasteiger partial charge in [-0.25, -0.2) is 13.5 Å². The second-order valence-electron chi connectivity index (χ2n) is 4.88. The van der Waals surface area contributed by atoms with Gasteiger partial charge in [0.2, 0.25) is 0 Å². The van der Waals surface area contributed by atoms with Crippen LogP contribution in [0.3, 0.4) is 0 Å². The van der Waals surface area contributed by atoms with Crippen molar-refractivity contribution in [3.8, 4) is 5.69 Å². The molecule has 3 aromatic rings. The lowest BCUT2D eigenvalue weighted by molar-refractivity contribution is 0.104. The fourth-order valence-corrected chi connectivity index (χ4v) is 2.10. The van der Waals surface area contributed by atoms with Crippen LogP contribution in [0.4, 0.5) is 8.78 Å². The number of hydrogen-bond acceptors (Lipinski definition) is 2. The number of nitrogens with zero attached hydrogens (tertiary/aromatic N) is 2. The van der Waals surface area contributed by atoms with Gasteiger partial charge in [0, 0.05) is 17.8 Å². The lowest BCUT2D eigenvalue weighted by atomic mass is 10.1. The number of aromatic nitrogens is 2. The van der Waals surface area contributed by atoms with Crippen molar-refractivity contribution in [3.05, 3.63) is 89.8 Å². The molecule has 0 radical (unpaired) electrons. The lowest BCUT2D eigenvalue weighted by Gasteiger charge is -1.99.